The minimum Gasteiger partial charge on any atom is -0.461 e. The highest BCUT2D eigenvalue weighted by molar-refractivity contribution is 6.53. The molecule has 0 aromatic carbocycles. The Kier molecular flexibility index (Phi) is 5.66. The topological polar surface area (TPSA) is 109 Å². The number of likely N-dealkylation sites (tertiary alicyclic amines) is 1. The molecule has 0 spiro atoms. The van der Waals surface area contributed by atoms with Crippen LogP contribution < -0.4 is 0 Å². The summed E-state index contributed by atoms with van der Waals surface area (Å²) in [6.45, 7) is 2.40. The van der Waals surface area contributed by atoms with Crippen LogP contribution in [0, 0.1) is 17.8 Å². The summed E-state index contributed by atoms with van der Waals surface area (Å²) in [5.41, 5.74) is 1.50. The van der Waals surface area contributed by atoms with Crippen LogP contribution in [0.4, 0.5) is 0 Å². The van der Waals surface area contributed by atoms with E-state index in [4.69, 9.17) is 13.8 Å². The van der Waals surface area contributed by atoms with Gasteiger partial charge in [0.05, 0.1) is 18.4 Å². The maximum absolute atomic E-state index is 13.1. The highest BCUT2D eigenvalue weighted by Crippen LogP contribution is 2.51. The third kappa shape index (κ3) is 3.36. The number of carbonyl (C=O) groups is 2. The molecule has 2 N–H and O–H groups in total. The zero-order valence-electron chi connectivity index (χ0n) is 16.7. The van der Waals surface area contributed by atoms with E-state index in [0.29, 0.717) is 42.8 Å². The number of methoxy groups -OCH3 is 1. The van der Waals surface area contributed by atoms with Gasteiger partial charge in [-0.05, 0) is 48.4 Å². The second kappa shape index (κ2) is 8.06. The van der Waals surface area contributed by atoms with Crippen LogP contribution in [0.5, 0.6) is 0 Å². The summed E-state index contributed by atoms with van der Waals surface area (Å²) >= 11 is 0. The Morgan fingerprint density at radius 1 is 1.28 bits per heavy atom. The number of aliphatic hydroxyl groups is 1. The molecule has 0 unspecified atom stereocenters. The third-order valence-corrected chi connectivity index (χ3v) is 6.22. The number of allylic oxidation sites excluding steroid dienone is 1. The lowest BCUT2D eigenvalue weighted by Gasteiger charge is -2.41. The van der Waals surface area contributed by atoms with Crippen LogP contribution in [0.25, 0.3) is 0 Å². The standard InChI is InChI=1S/C20H26BNO7/c1-3-6-22-19(24)14-7-11(10-27-2)18-13(17(14)20(22)25)8-16(29-21(18)26)15-5-4-12(9-23)28-15/h4-5,13-14,16-17,23,26H,3,6-10H2,1-2H3/t13-,14-,16-,17+/m0/s1. The fourth-order valence-electron chi connectivity index (χ4n) is 5.06. The number of ether oxygens (including phenoxy) is 1. The quantitative estimate of drug-likeness (QED) is 0.543. The van der Waals surface area contributed by atoms with Crippen LogP contribution in [0.15, 0.2) is 27.6 Å². The fraction of sp³-hybridized carbons (Fsp3) is 0.600. The first kappa shape index (κ1) is 20.3. The summed E-state index contributed by atoms with van der Waals surface area (Å²) in [7, 11) is 0.369. The Bertz CT molecular complexity index is 835. The van der Waals surface area contributed by atoms with E-state index in [1.165, 1.54) is 4.90 Å². The number of carbonyl (C=O) groups excluding carboxylic acids is 2. The molecule has 1 aromatic heterocycles. The summed E-state index contributed by atoms with van der Waals surface area (Å²) in [4.78, 5) is 27.4. The number of rotatable bonds is 6. The fourth-order valence-corrected chi connectivity index (χ4v) is 5.06. The molecular weight excluding hydrogens is 377 g/mol. The Balaban J connectivity index is 1.71. The first-order chi connectivity index (χ1) is 14.0. The molecule has 3 heterocycles. The van der Waals surface area contributed by atoms with Crippen LogP contribution in [0.3, 0.4) is 0 Å². The van der Waals surface area contributed by atoms with Crippen molar-refractivity contribution >= 4 is 18.9 Å². The lowest BCUT2D eigenvalue weighted by molar-refractivity contribution is -0.140. The van der Waals surface area contributed by atoms with Crippen molar-refractivity contribution in [3.63, 3.8) is 0 Å². The maximum Gasteiger partial charge on any atom is 0.487 e. The van der Waals surface area contributed by atoms with E-state index in [1.807, 2.05) is 6.92 Å². The SMILES string of the molecule is CCCN1C(=O)[C@H]2[C@H](CC(COC)=C3B(O)O[C@H](c4ccc(CO)o4)C[C@H]32)C1=O. The molecule has 0 saturated carbocycles. The summed E-state index contributed by atoms with van der Waals surface area (Å²) in [6, 6.07) is 3.36. The molecule has 29 heavy (non-hydrogen) atoms. The van der Waals surface area contributed by atoms with Crippen molar-refractivity contribution in [1.29, 1.82) is 0 Å². The number of imide groups is 1. The first-order valence-electron chi connectivity index (χ1n) is 10.1. The van der Waals surface area contributed by atoms with Crippen LogP contribution in [-0.2, 0) is 25.6 Å². The van der Waals surface area contributed by atoms with E-state index < -0.39 is 25.1 Å². The number of amides is 2. The van der Waals surface area contributed by atoms with Crippen molar-refractivity contribution < 1.29 is 33.5 Å². The number of hydrogen-bond acceptors (Lipinski definition) is 7. The molecule has 0 radical (unpaired) electrons. The molecule has 3 aliphatic rings. The summed E-state index contributed by atoms with van der Waals surface area (Å²) in [6.07, 6.45) is 0.954. The van der Waals surface area contributed by atoms with Crippen molar-refractivity contribution in [1.82, 2.24) is 4.90 Å². The van der Waals surface area contributed by atoms with Gasteiger partial charge in [0, 0.05) is 13.7 Å². The van der Waals surface area contributed by atoms with Crippen molar-refractivity contribution in [3.05, 3.63) is 34.7 Å². The van der Waals surface area contributed by atoms with Crippen LogP contribution in [0.2, 0.25) is 0 Å². The smallest absolute Gasteiger partial charge is 0.461 e. The summed E-state index contributed by atoms with van der Waals surface area (Å²) < 4.78 is 16.7. The Hall–Kier alpha value is -1.94. The van der Waals surface area contributed by atoms with Gasteiger partial charge in [0.1, 0.15) is 24.2 Å². The van der Waals surface area contributed by atoms with E-state index >= 15 is 0 Å². The Morgan fingerprint density at radius 3 is 2.72 bits per heavy atom. The second-order valence-electron chi connectivity index (χ2n) is 7.94. The van der Waals surface area contributed by atoms with Gasteiger partial charge in [-0.1, -0.05) is 6.92 Å². The van der Waals surface area contributed by atoms with E-state index in [1.54, 1.807) is 19.2 Å². The van der Waals surface area contributed by atoms with E-state index in [-0.39, 0.29) is 30.9 Å². The first-order valence-corrected chi connectivity index (χ1v) is 10.1. The molecule has 156 valence electrons. The second-order valence-corrected chi connectivity index (χ2v) is 7.94. The van der Waals surface area contributed by atoms with Gasteiger partial charge in [-0.2, -0.15) is 0 Å². The van der Waals surface area contributed by atoms with Gasteiger partial charge < -0.3 is 23.9 Å². The number of nitrogens with zero attached hydrogens (tertiary/aromatic N) is 1. The Labute approximate surface area is 169 Å². The van der Waals surface area contributed by atoms with Gasteiger partial charge in [-0.15, -0.1) is 0 Å². The Morgan fingerprint density at radius 2 is 2.07 bits per heavy atom. The molecule has 4 rings (SSSR count). The lowest BCUT2D eigenvalue weighted by Crippen LogP contribution is -2.45. The van der Waals surface area contributed by atoms with Gasteiger partial charge in [-0.25, -0.2) is 0 Å². The van der Waals surface area contributed by atoms with Crippen LogP contribution in [-0.4, -0.2) is 54.2 Å². The monoisotopic (exact) mass is 403 g/mol. The van der Waals surface area contributed by atoms with Gasteiger partial charge in [0.2, 0.25) is 11.8 Å². The van der Waals surface area contributed by atoms with E-state index in [0.717, 1.165) is 5.57 Å². The average molecular weight is 403 g/mol. The van der Waals surface area contributed by atoms with Gasteiger partial charge in [-0.3, -0.25) is 14.5 Å². The summed E-state index contributed by atoms with van der Waals surface area (Å²) in [5, 5.41) is 20.1. The number of fused-ring (bicyclic) bond motifs is 3. The van der Waals surface area contributed by atoms with Crippen molar-refractivity contribution in [2.45, 2.75) is 38.9 Å². The highest BCUT2D eigenvalue weighted by Gasteiger charge is 2.57. The van der Waals surface area contributed by atoms with Gasteiger partial charge >= 0.3 is 7.12 Å². The molecule has 2 fully saturated rings. The highest BCUT2D eigenvalue weighted by atomic mass is 16.5. The minimum absolute atomic E-state index is 0.132. The third-order valence-electron chi connectivity index (χ3n) is 6.22. The number of furan rings is 1. The molecule has 0 bridgehead atoms. The van der Waals surface area contributed by atoms with Gasteiger partial charge in [0.25, 0.3) is 0 Å². The molecule has 8 nitrogen and oxygen atoms in total. The van der Waals surface area contributed by atoms with E-state index in [2.05, 4.69) is 0 Å². The molecule has 4 atom stereocenters. The van der Waals surface area contributed by atoms with Gasteiger partial charge in [0.15, 0.2) is 0 Å². The zero-order chi connectivity index (χ0) is 20.7. The molecular formula is C20H26BNO7. The predicted molar refractivity (Wildman–Crippen MR) is 102 cm³/mol. The summed E-state index contributed by atoms with van der Waals surface area (Å²) in [5.74, 6) is -0.654. The maximum atomic E-state index is 13.1. The van der Waals surface area contributed by atoms with Crippen molar-refractivity contribution in [2.24, 2.45) is 17.8 Å². The van der Waals surface area contributed by atoms with Crippen LogP contribution in [0.1, 0.15) is 43.8 Å². The number of aliphatic hydroxyl groups excluding tert-OH is 1. The van der Waals surface area contributed by atoms with E-state index in [9.17, 15) is 19.7 Å². The molecule has 9 heteroatoms. The lowest BCUT2D eigenvalue weighted by atomic mass is 9.55. The largest absolute Gasteiger partial charge is 0.487 e. The normalized spacial score (nSPS) is 29.5. The average Bonchev–Trinajstić information content (AvgIpc) is 3.27. The minimum atomic E-state index is -1.20. The molecule has 2 aliphatic heterocycles. The van der Waals surface area contributed by atoms with Crippen LogP contribution >= 0.6 is 0 Å². The molecule has 2 saturated heterocycles. The molecule has 2 amide bonds. The molecule has 1 aliphatic carbocycles. The number of hydrogen-bond donors (Lipinski definition) is 2. The van der Waals surface area contributed by atoms with Crippen molar-refractivity contribution in [3.8, 4) is 0 Å². The molecule has 1 aromatic rings. The zero-order valence-corrected chi connectivity index (χ0v) is 16.7. The predicted octanol–water partition coefficient (Wildman–Crippen LogP) is 1.23. The van der Waals surface area contributed by atoms with Crippen molar-refractivity contribution in [2.75, 3.05) is 20.3 Å².